The van der Waals surface area contributed by atoms with Gasteiger partial charge in [0.2, 0.25) is 5.95 Å². The van der Waals surface area contributed by atoms with Gasteiger partial charge < -0.3 is 8.83 Å². The Morgan fingerprint density at radius 2 is 0.902 bits per heavy atom. The van der Waals surface area contributed by atoms with E-state index in [2.05, 4.69) is 102 Å². The first kappa shape index (κ1) is 27.9. The molecule has 0 aliphatic heterocycles. The Morgan fingerprint density at radius 1 is 0.373 bits per heavy atom. The maximum absolute atomic E-state index is 6.74. The molecule has 4 heterocycles. The molecule has 238 valence electrons. The van der Waals surface area contributed by atoms with Crippen LogP contribution in [0.15, 0.2) is 167 Å². The average molecular weight is 655 g/mol. The predicted octanol–water partition coefficient (Wildman–Crippen LogP) is 11.8. The third-order valence-electron chi connectivity index (χ3n) is 9.89. The van der Waals surface area contributed by atoms with Crippen molar-refractivity contribution in [3.63, 3.8) is 0 Å². The van der Waals surface area contributed by atoms with Crippen LogP contribution in [0, 0.1) is 0 Å². The molecule has 0 fully saturated rings. The number of hydrogen-bond acceptors (Lipinski definition) is 5. The third kappa shape index (κ3) is 4.14. The Balaban J connectivity index is 1.18. The quantitative estimate of drug-likeness (QED) is 0.189. The lowest BCUT2D eigenvalue weighted by Gasteiger charge is -2.11. The highest BCUT2D eigenvalue weighted by Gasteiger charge is 2.22. The van der Waals surface area contributed by atoms with E-state index in [9.17, 15) is 0 Å². The maximum atomic E-state index is 6.74. The molecule has 11 aromatic rings. The summed E-state index contributed by atoms with van der Waals surface area (Å²) in [4.78, 5) is 15.5. The molecule has 6 nitrogen and oxygen atoms in total. The van der Waals surface area contributed by atoms with E-state index in [0.29, 0.717) is 17.6 Å². The van der Waals surface area contributed by atoms with Crippen LogP contribution >= 0.6 is 0 Å². The lowest BCUT2D eigenvalue weighted by molar-refractivity contribution is 0.665. The summed E-state index contributed by atoms with van der Waals surface area (Å²) in [6.45, 7) is 0. The van der Waals surface area contributed by atoms with Crippen molar-refractivity contribution in [1.29, 1.82) is 0 Å². The molecule has 0 saturated carbocycles. The molecule has 0 aliphatic carbocycles. The van der Waals surface area contributed by atoms with E-state index >= 15 is 0 Å². The zero-order valence-electron chi connectivity index (χ0n) is 27.1. The number of benzene rings is 7. The van der Waals surface area contributed by atoms with E-state index < -0.39 is 0 Å². The lowest BCUT2D eigenvalue weighted by Crippen LogP contribution is -2.06. The van der Waals surface area contributed by atoms with Crippen molar-refractivity contribution in [2.75, 3.05) is 0 Å². The van der Waals surface area contributed by atoms with Crippen LogP contribution in [0.3, 0.4) is 0 Å². The fraction of sp³-hybridized carbons (Fsp3) is 0. The van der Waals surface area contributed by atoms with Crippen molar-refractivity contribution in [2.24, 2.45) is 0 Å². The van der Waals surface area contributed by atoms with Crippen LogP contribution in [-0.2, 0) is 0 Å². The molecular weight excluding hydrogens is 629 g/mol. The molecule has 7 aromatic carbocycles. The van der Waals surface area contributed by atoms with Crippen molar-refractivity contribution in [3.05, 3.63) is 158 Å². The van der Waals surface area contributed by atoms with Gasteiger partial charge in [-0.3, -0.25) is 4.57 Å². The summed E-state index contributed by atoms with van der Waals surface area (Å²) in [7, 11) is 0. The van der Waals surface area contributed by atoms with Crippen molar-refractivity contribution in [2.45, 2.75) is 0 Å². The van der Waals surface area contributed by atoms with E-state index in [1.165, 1.54) is 0 Å². The van der Waals surface area contributed by atoms with Gasteiger partial charge in [-0.15, -0.1) is 0 Å². The van der Waals surface area contributed by atoms with Gasteiger partial charge in [-0.2, -0.15) is 9.97 Å². The van der Waals surface area contributed by atoms with Gasteiger partial charge >= 0.3 is 0 Å². The Kier molecular flexibility index (Phi) is 5.86. The highest BCUT2D eigenvalue weighted by atomic mass is 16.3. The maximum Gasteiger partial charge on any atom is 0.238 e. The second-order valence-electron chi connectivity index (χ2n) is 12.8. The third-order valence-corrected chi connectivity index (χ3v) is 9.89. The summed E-state index contributed by atoms with van der Waals surface area (Å²) >= 11 is 0. The predicted molar refractivity (Wildman–Crippen MR) is 205 cm³/mol. The highest BCUT2D eigenvalue weighted by molar-refractivity contribution is 6.17. The van der Waals surface area contributed by atoms with Gasteiger partial charge in [0.05, 0.1) is 11.0 Å². The number of rotatable bonds is 4. The molecule has 51 heavy (non-hydrogen) atoms. The summed E-state index contributed by atoms with van der Waals surface area (Å²) in [5.74, 6) is 1.72. The summed E-state index contributed by atoms with van der Waals surface area (Å²) in [6, 6.07) is 53.7. The first-order chi connectivity index (χ1) is 25.3. The van der Waals surface area contributed by atoms with E-state index in [4.69, 9.17) is 23.8 Å². The van der Waals surface area contributed by atoms with Crippen LogP contribution in [0.5, 0.6) is 0 Å². The SMILES string of the molecule is c1ccc(-c2nc(-c3cccc4oc5c(-c6cccc7c6oc6ccccc67)cccc5c34)nc(-n3c4ccccc4c4ccccc43)n2)cc1. The second kappa shape index (κ2) is 10.7. The average Bonchev–Trinajstić information content (AvgIpc) is 3.88. The normalized spacial score (nSPS) is 11.9. The molecule has 0 atom stereocenters. The van der Waals surface area contributed by atoms with Gasteiger partial charge in [0, 0.05) is 54.6 Å². The van der Waals surface area contributed by atoms with E-state index in [0.717, 1.165) is 87.9 Å². The largest absolute Gasteiger partial charge is 0.455 e. The number of furan rings is 2. The van der Waals surface area contributed by atoms with Crippen LogP contribution in [0.25, 0.3) is 106 Å². The van der Waals surface area contributed by atoms with Gasteiger partial charge in [0.25, 0.3) is 0 Å². The minimum Gasteiger partial charge on any atom is -0.455 e. The molecule has 0 bridgehead atoms. The minimum absolute atomic E-state index is 0.554. The summed E-state index contributed by atoms with van der Waals surface area (Å²) in [5.41, 5.74) is 9.04. The number of para-hydroxylation sites is 5. The van der Waals surface area contributed by atoms with Gasteiger partial charge in [-0.25, -0.2) is 4.98 Å². The Bertz CT molecular complexity index is 3100. The molecule has 0 radical (unpaired) electrons. The summed E-state index contributed by atoms with van der Waals surface area (Å²) < 4.78 is 15.3. The van der Waals surface area contributed by atoms with Crippen LogP contribution in [0.4, 0.5) is 0 Å². The van der Waals surface area contributed by atoms with Crippen LogP contribution in [0.2, 0.25) is 0 Å². The number of hydrogen-bond donors (Lipinski definition) is 0. The van der Waals surface area contributed by atoms with E-state index in [-0.39, 0.29) is 0 Å². The lowest BCUT2D eigenvalue weighted by atomic mass is 9.99. The monoisotopic (exact) mass is 654 g/mol. The Hall–Kier alpha value is -7.05. The molecule has 6 heteroatoms. The van der Waals surface area contributed by atoms with E-state index in [1.54, 1.807) is 0 Å². The minimum atomic E-state index is 0.554. The molecule has 4 aromatic heterocycles. The molecule has 11 rings (SSSR count). The standard InChI is InChI=1S/C45H26N4O2/c1-2-13-27(14-3-1)43-46-44(48-45(47-43)49-36-23-7-4-15-28(36)29-16-5-8-24-37(29)49)35-22-12-26-39-40(35)34-21-11-20-33(42(34)51-39)32-19-10-18-31-30-17-6-9-25-38(30)50-41(31)32/h1-26H. The molecular formula is C45H26N4O2. The molecule has 0 aliphatic rings. The number of aromatic nitrogens is 4. The Labute approximate surface area is 290 Å². The molecule has 0 unspecified atom stereocenters. The highest BCUT2D eigenvalue weighted by Crippen LogP contribution is 2.43. The van der Waals surface area contributed by atoms with Gasteiger partial charge in [-0.1, -0.05) is 133 Å². The summed E-state index contributed by atoms with van der Waals surface area (Å²) in [6.07, 6.45) is 0. The first-order valence-electron chi connectivity index (χ1n) is 17.0. The van der Waals surface area contributed by atoms with Crippen LogP contribution < -0.4 is 0 Å². The molecule has 0 saturated heterocycles. The molecule has 0 amide bonds. The van der Waals surface area contributed by atoms with Crippen LogP contribution in [-0.4, -0.2) is 19.5 Å². The number of fused-ring (bicyclic) bond motifs is 9. The van der Waals surface area contributed by atoms with Gasteiger partial charge in [-0.05, 0) is 24.3 Å². The smallest absolute Gasteiger partial charge is 0.238 e. The van der Waals surface area contributed by atoms with Gasteiger partial charge in [0.1, 0.15) is 22.3 Å². The number of nitrogens with zero attached hydrogens (tertiary/aromatic N) is 4. The van der Waals surface area contributed by atoms with E-state index in [1.807, 2.05) is 60.7 Å². The van der Waals surface area contributed by atoms with Crippen LogP contribution in [0.1, 0.15) is 0 Å². The first-order valence-corrected chi connectivity index (χ1v) is 17.0. The Morgan fingerprint density at radius 3 is 1.67 bits per heavy atom. The molecule has 0 N–H and O–H groups in total. The van der Waals surface area contributed by atoms with Crippen molar-refractivity contribution < 1.29 is 8.83 Å². The van der Waals surface area contributed by atoms with Gasteiger partial charge in [0.15, 0.2) is 11.6 Å². The zero-order chi connectivity index (χ0) is 33.5. The van der Waals surface area contributed by atoms with Crippen molar-refractivity contribution in [3.8, 4) is 39.9 Å². The van der Waals surface area contributed by atoms with Crippen molar-refractivity contribution >= 4 is 65.7 Å². The molecule has 0 spiro atoms. The van der Waals surface area contributed by atoms with Crippen molar-refractivity contribution in [1.82, 2.24) is 19.5 Å². The second-order valence-corrected chi connectivity index (χ2v) is 12.8. The topological polar surface area (TPSA) is 69.9 Å². The summed E-state index contributed by atoms with van der Waals surface area (Å²) in [5, 5.41) is 6.39. The zero-order valence-corrected chi connectivity index (χ0v) is 27.1. The fourth-order valence-electron chi connectivity index (χ4n) is 7.65. The fourth-order valence-corrected chi connectivity index (χ4v) is 7.65.